The smallest absolute Gasteiger partial charge is 0.0206 e. The zero-order valence-electron chi connectivity index (χ0n) is 9.12. The Labute approximate surface area is 84.0 Å². The van der Waals surface area contributed by atoms with E-state index >= 15 is 0 Å². The first-order valence-electron chi connectivity index (χ1n) is 4.93. The SMILES string of the molecule is C=CS(C)(C)N1CCN(CC)CC1. The van der Waals surface area contributed by atoms with E-state index < -0.39 is 10.2 Å². The molecule has 78 valence electrons. The van der Waals surface area contributed by atoms with Crippen LogP contribution >= 0.6 is 10.2 Å². The molecule has 0 bridgehead atoms. The van der Waals surface area contributed by atoms with Gasteiger partial charge in [-0.2, -0.15) is 10.2 Å². The lowest BCUT2D eigenvalue weighted by Gasteiger charge is -2.45. The van der Waals surface area contributed by atoms with Crippen molar-refractivity contribution in [3.05, 3.63) is 12.0 Å². The van der Waals surface area contributed by atoms with Crippen LogP contribution < -0.4 is 0 Å². The highest BCUT2D eigenvalue weighted by molar-refractivity contribution is 8.33. The average Bonchev–Trinajstić information content (AvgIpc) is 2.18. The molecule has 2 nitrogen and oxygen atoms in total. The molecular formula is C10H22N2S. The maximum Gasteiger partial charge on any atom is 0.0206 e. The minimum absolute atomic E-state index is 0.682. The molecular weight excluding hydrogens is 180 g/mol. The third kappa shape index (κ3) is 2.73. The molecule has 1 rings (SSSR count). The van der Waals surface area contributed by atoms with E-state index in [4.69, 9.17) is 0 Å². The Morgan fingerprint density at radius 3 is 2.15 bits per heavy atom. The van der Waals surface area contributed by atoms with Crippen molar-refractivity contribution in [1.29, 1.82) is 0 Å². The first kappa shape index (κ1) is 11.1. The first-order valence-corrected chi connectivity index (χ1v) is 7.40. The van der Waals surface area contributed by atoms with Gasteiger partial charge < -0.3 is 4.90 Å². The summed E-state index contributed by atoms with van der Waals surface area (Å²) in [7, 11) is -0.682. The Balaban J connectivity index is 2.45. The second kappa shape index (κ2) is 4.49. The molecule has 0 spiro atoms. The topological polar surface area (TPSA) is 6.48 Å². The maximum atomic E-state index is 3.93. The zero-order chi connectivity index (χ0) is 9.90. The molecule has 0 atom stereocenters. The Bertz CT molecular complexity index is 172. The summed E-state index contributed by atoms with van der Waals surface area (Å²) in [6.45, 7) is 12.2. The Hall–Kier alpha value is 0.01000. The fourth-order valence-corrected chi connectivity index (χ4v) is 2.94. The van der Waals surface area contributed by atoms with E-state index in [-0.39, 0.29) is 0 Å². The molecule has 0 aliphatic carbocycles. The van der Waals surface area contributed by atoms with Crippen LogP contribution in [0, 0.1) is 0 Å². The lowest BCUT2D eigenvalue weighted by molar-refractivity contribution is 0.203. The second-order valence-corrected chi connectivity index (χ2v) is 7.43. The van der Waals surface area contributed by atoms with E-state index in [0.29, 0.717) is 0 Å². The van der Waals surface area contributed by atoms with E-state index in [9.17, 15) is 0 Å². The van der Waals surface area contributed by atoms with Gasteiger partial charge in [0, 0.05) is 26.2 Å². The molecule has 1 heterocycles. The third-order valence-electron chi connectivity index (χ3n) is 2.85. The Morgan fingerprint density at radius 2 is 1.77 bits per heavy atom. The van der Waals surface area contributed by atoms with Gasteiger partial charge in [0.1, 0.15) is 0 Å². The summed E-state index contributed by atoms with van der Waals surface area (Å²) in [5.41, 5.74) is 0. The average molecular weight is 202 g/mol. The molecule has 0 N–H and O–H groups in total. The molecule has 1 aliphatic heterocycles. The Kier molecular flexibility index (Phi) is 3.83. The summed E-state index contributed by atoms with van der Waals surface area (Å²) in [5, 5.41) is 2.13. The fraction of sp³-hybridized carbons (Fsp3) is 0.800. The molecule has 3 heteroatoms. The fourth-order valence-electron chi connectivity index (χ4n) is 1.62. The molecule has 1 fully saturated rings. The summed E-state index contributed by atoms with van der Waals surface area (Å²) >= 11 is 0. The number of hydrogen-bond acceptors (Lipinski definition) is 2. The van der Waals surface area contributed by atoms with Gasteiger partial charge in [0.2, 0.25) is 0 Å². The van der Waals surface area contributed by atoms with Gasteiger partial charge in [-0.15, -0.1) is 0 Å². The zero-order valence-corrected chi connectivity index (χ0v) is 9.94. The highest BCUT2D eigenvalue weighted by Crippen LogP contribution is 2.45. The van der Waals surface area contributed by atoms with Crippen LogP contribution in [0.1, 0.15) is 6.92 Å². The number of likely N-dealkylation sites (N-methyl/N-ethyl adjacent to an activating group) is 1. The monoisotopic (exact) mass is 202 g/mol. The Morgan fingerprint density at radius 1 is 1.23 bits per heavy atom. The number of nitrogens with zero attached hydrogens (tertiary/aromatic N) is 2. The van der Waals surface area contributed by atoms with Gasteiger partial charge in [-0.25, -0.2) is 0 Å². The molecule has 1 aliphatic rings. The lowest BCUT2D eigenvalue weighted by Crippen LogP contribution is -2.46. The number of hydrogen-bond donors (Lipinski definition) is 0. The van der Waals surface area contributed by atoms with Crippen molar-refractivity contribution < 1.29 is 0 Å². The van der Waals surface area contributed by atoms with Gasteiger partial charge in [-0.3, -0.25) is 4.31 Å². The van der Waals surface area contributed by atoms with Crippen LogP contribution in [0.3, 0.4) is 0 Å². The molecule has 0 amide bonds. The van der Waals surface area contributed by atoms with E-state index in [2.05, 4.69) is 40.6 Å². The van der Waals surface area contributed by atoms with Crippen molar-refractivity contribution in [3.63, 3.8) is 0 Å². The largest absolute Gasteiger partial charge is 0.301 e. The minimum atomic E-state index is -0.682. The van der Waals surface area contributed by atoms with Gasteiger partial charge in [-0.05, 0) is 24.5 Å². The summed E-state index contributed by atoms with van der Waals surface area (Å²) in [4.78, 5) is 2.51. The molecule has 0 radical (unpaired) electrons. The highest BCUT2D eigenvalue weighted by atomic mass is 32.3. The highest BCUT2D eigenvalue weighted by Gasteiger charge is 2.22. The van der Waals surface area contributed by atoms with Crippen LogP contribution in [-0.4, -0.2) is 54.4 Å². The van der Waals surface area contributed by atoms with E-state index in [1.807, 2.05) is 0 Å². The van der Waals surface area contributed by atoms with E-state index in [0.717, 1.165) is 0 Å². The second-order valence-electron chi connectivity index (χ2n) is 3.88. The molecule has 13 heavy (non-hydrogen) atoms. The van der Waals surface area contributed by atoms with Crippen LogP contribution in [0.4, 0.5) is 0 Å². The van der Waals surface area contributed by atoms with E-state index in [1.54, 1.807) is 0 Å². The lowest BCUT2D eigenvalue weighted by atomic mass is 10.4. The molecule has 0 aromatic rings. The predicted molar refractivity (Wildman–Crippen MR) is 63.3 cm³/mol. The van der Waals surface area contributed by atoms with E-state index in [1.165, 1.54) is 32.7 Å². The van der Waals surface area contributed by atoms with Crippen molar-refractivity contribution in [3.8, 4) is 0 Å². The van der Waals surface area contributed by atoms with Crippen LogP contribution in [0.5, 0.6) is 0 Å². The number of rotatable bonds is 3. The van der Waals surface area contributed by atoms with Gasteiger partial charge in [-0.1, -0.05) is 13.5 Å². The summed E-state index contributed by atoms with van der Waals surface area (Å²) in [6, 6.07) is 0. The quantitative estimate of drug-likeness (QED) is 0.688. The van der Waals surface area contributed by atoms with Crippen molar-refractivity contribution in [2.75, 3.05) is 45.2 Å². The van der Waals surface area contributed by atoms with Gasteiger partial charge in [0.15, 0.2) is 0 Å². The van der Waals surface area contributed by atoms with Crippen molar-refractivity contribution in [2.24, 2.45) is 0 Å². The molecule has 0 aromatic heterocycles. The maximum absolute atomic E-state index is 3.93. The number of piperazine rings is 1. The van der Waals surface area contributed by atoms with Gasteiger partial charge >= 0.3 is 0 Å². The van der Waals surface area contributed by atoms with Crippen molar-refractivity contribution in [2.45, 2.75) is 6.92 Å². The van der Waals surface area contributed by atoms with Crippen LogP contribution in [0.25, 0.3) is 0 Å². The van der Waals surface area contributed by atoms with Gasteiger partial charge in [0.25, 0.3) is 0 Å². The van der Waals surface area contributed by atoms with Crippen LogP contribution in [0.15, 0.2) is 12.0 Å². The normalized spacial score (nSPS) is 23.0. The molecule has 0 unspecified atom stereocenters. The summed E-state index contributed by atoms with van der Waals surface area (Å²) in [6.07, 6.45) is 4.64. The van der Waals surface area contributed by atoms with Gasteiger partial charge in [0.05, 0.1) is 0 Å². The standard InChI is InChI=1S/C10H22N2S/c1-5-11-7-9-12(10-8-11)13(3,4)6-2/h6H,2,5,7-10H2,1,3-4H3. The summed E-state index contributed by atoms with van der Waals surface area (Å²) in [5.74, 6) is 0. The third-order valence-corrected chi connectivity index (χ3v) is 5.36. The summed E-state index contributed by atoms with van der Waals surface area (Å²) < 4.78 is 2.59. The van der Waals surface area contributed by atoms with Crippen LogP contribution in [0.2, 0.25) is 0 Å². The molecule has 1 saturated heterocycles. The molecule has 0 aromatic carbocycles. The minimum Gasteiger partial charge on any atom is -0.301 e. The molecule has 0 saturated carbocycles. The van der Waals surface area contributed by atoms with Crippen molar-refractivity contribution >= 4 is 10.2 Å². The van der Waals surface area contributed by atoms with Crippen LogP contribution in [-0.2, 0) is 0 Å². The predicted octanol–water partition coefficient (Wildman–Crippen LogP) is 1.75. The first-order chi connectivity index (χ1) is 6.10. The van der Waals surface area contributed by atoms with Crippen molar-refractivity contribution in [1.82, 2.24) is 9.21 Å².